The molecule has 0 bridgehead atoms. The normalized spacial score (nSPS) is 21.3. The Bertz CT molecular complexity index is 2540. The van der Waals surface area contributed by atoms with E-state index in [1.165, 1.54) is 23.6 Å². The van der Waals surface area contributed by atoms with Gasteiger partial charge in [0.25, 0.3) is 0 Å². The maximum Gasteiger partial charge on any atom is 0.329 e. The predicted octanol–water partition coefficient (Wildman–Crippen LogP) is 11.0. The standard InChI is InChI=1S/C54H62ClN5O6/c1-35(34-66-48-20-25-56-47-14-5-9-36(2)51(47)48)27-42-29-40-16-18-45(31-46(40)53(42)21-23-54(24-22-53,52(63)64)59-44-13-7-12-43(55)30-44)65-26-8-15-50(62)60(4)33-38-10-6-11-39(28-38)41-17-19-49(57-32-41)58-37(3)61/h6-7,10-13,16-20,25,28,30-32,35-36,42,59H,5,8-9,14-15,21-24,26-27,29,33-34H2,1-4H3,(H,63,64)(H,57,58,61)/t35-,36-,42+,53?,54?/m1/s1. The van der Waals surface area contributed by atoms with Gasteiger partial charge in [-0.3, -0.25) is 14.6 Å². The zero-order valence-electron chi connectivity index (χ0n) is 38.6. The molecule has 0 radical (unpaired) electrons. The van der Waals surface area contributed by atoms with Crippen molar-refractivity contribution in [3.63, 3.8) is 0 Å². The smallest absolute Gasteiger partial charge is 0.329 e. The fourth-order valence-electron chi connectivity index (χ4n) is 10.8. The Labute approximate surface area is 393 Å². The van der Waals surface area contributed by atoms with Crippen LogP contribution in [0.1, 0.15) is 112 Å². The van der Waals surface area contributed by atoms with Gasteiger partial charge in [-0.05, 0) is 164 Å². The van der Waals surface area contributed by atoms with Gasteiger partial charge in [-0.1, -0.05) is 55.8 Å². The number of aryl methyl sites for hydroxylation is 1. The number of carboxylic acids is 1. The number of pyridine rings is 2. The second-order valence-electron chi connectivity index (χ2n) is 19.0. The van der Waals surface area contributed by atoms with E-state index >= 15 is 0 Å². The lowest BCUT2D eigenvalue weighted by Crippen LogP contribution is -2.53. The highest BCUT2D eigenvalue weighted by Crippen LogP contribution is 2.57. The zero-order chi connectivity index (χ0) is 46.4. The van der Waals surface area contributed by atoms with Crippen molar-refractivity contribution in [2.75, 3.05) is 30.9 Å². The molecule has 1 fully saturated rings. The van der Waals surface area contributed by atoms with E-state index in [-0.39, 0.29) is 23.1 Å². The first-order chi connectivity index (χ1) is 31.8. The first-order valence-corrected chi connectivity index (χ1v) is 23.9. The Balaban J connectivity index is 0.920. The monoisotopic (exact) mass is 911 g/mol. The van der Waals surface area contributed by atoms with Gasteiger partial charge in [0.2, 0.25) is 11.8 Å². The number of nitrogens with zero attached hydrogens (tertiary/aromatic N) is 3. The van der Waals surface area contributed by atoms with Gasteiger partial charge in [-0.15, -0.1) is 0 Å². The number of aliphatic carboxylic acids is 1. The summed E-state index contributed by atoms with van der Waals surface area (Å²) >= 11 is 6.33. The molecular formula is C54H62ClN5O6. The quantitative estimate of drug-likeness (QED) is 0.0777. The summed E-state index contributed by atoms with van der Waals surface area (Å²) in [7, 11) is 1.82. The summed E-state index contributed by atoms with van der Waals surface area (Å²) in [4.78, 5) is 48.6. The first-order valence-electron chi connectivity index (χ1n) is 23.5. The topological polar surface area (TPSA) is 143 Å². The minimum Gasteiger partial charge on any atom is -0.494 e. The van der Waals surface area contributed by atoms with Gasteiger partial charge in [0, 0.05) is 66.9 Å². The average Bonchev–Trinajstić information content (AvgIpc) is 3.58. The van der Waals surface area contributed by atoms with Gasteiger partial charge >= 0.3 is 5.97 Å². The van der Waals surface area contributed by atoms with Crippen LogP contribution < -0.4 is 20.1 Å². The van der Waals surface area contributed by atoms with Gasteiger partial charge in [-0.2, -0.15) is 0 Å². The number of hydrogen-bond donors (Lipinski definition) is 3. The summed E-state index contributed by atoms with van der Waals surface area (Å²) < 4.78 is 13.0. The molecule has 0 saturated heterocycles. The molecule has 2 heterocycles. The number of benzene rings is 3. The first kappa shape index (κ1) is 46.6. The zero-order valence-corrected chi connectivity index (χ0v) is 39.3. The Kier molecular flexibility index (Phi) is 14.3. The highest BCUT2D eigenvalue weighted by atomic mass is 35.5. The second-order valence-corrected chi connectivity index (χ2v) is 19.5. The number of carboxylic acid groups (broad SMARTS) is 1. The Hall–Kier alpha value is -5.94. The molecule has 12 heteroatoms. The number of carbonyl (C=O) groups excluding carboxylic acids is 2. The lowest BCUT2D eigenvalue weighted by molar-refractivity contribution is -0.144. The molecule has 2 amide bonds. The summed E-state index contributed by atoms with van der Waals surface area (Å²) in [5, 5.41) is 17.4. The van der Waals surface area contributed by atoms with E-state index in [0.717, 1.165) is 66.0 Å². The third-order valence-electron chi connectivity index (χ3n) is 14.2. The van der Waals surface area contributed by atoms with Crippen LogP contribution in [-0.4, -0.2) is 63.6 Å². The lowest BCUT2D eigenvalue weighted by atomic mass is 9.59. The third-order valence-corrected chi connectivity index (χ3v) is 14.5. The number of carbonyl (C=O) groups is 3. The molecule has 5 aromatic rings. The van der Waals surface area contributed by atoms with E-state index in [4.69, 9.17) is 21.1 Å². The molecule has 11 nitrogen and oxygen atoms in total. The lowest BCUT2D eigenvalue weighted by Gasteiger charge is -2.47. The summed E-state index contributed by atoms with van der Waals surface area (Å²) in [6.45, 7) is 7.46. The SMILES string of the molecule is CC(=O)Nc1ccc(-c2cccc(CN(C)C(=O)CCCOc3ccc4c(c3)C3(CCC(Nc5cccc(Cl)c5)(C(=O)O)CC3)[C@@H](C[C@@H](C)COc3ccnc5c3[C@H](C)CCC5)C4)c2)cn1. The van der Waals surface area contributed by atoms with E-state index in [9.17, 15) is 19.5 Å². The maximum atomic E-state index is 13.3. The van der Waals surface area contributed by atoms with Crippen molar-refractivity contribution in [1.82, 2.24) is 14.9 Å². The third kappa shape index (κ3) is 10.5. The van der Waals surface area contributed by atoms with Gasteiger partial charge in [0.15, 0.2) is 0 Å². The van der Waals surface area contributed by atoms with Gasteiger partial charge < -0.3 is 30.1 Å². The molecule has 0 aliphatic heterocycles. The summed E-state index contributed by atoms with van der Waals surface area (Å²) in [5.74, 6) is 2.24. The fourth-order valence-corrected chi connectivity index (χ4v) is 11.0. The number of anilines is 2. The number of nitrogens with one attached hydrogen (secondary N) is 2. The average molecular weight is 913 g/mol. The number of amides is 2. The van der Waals surface area contributed by atoms with Crippen LogP contribution in [0.15, 0.2) is 97.3 Å². The van der Waals surface area contributed by atoms with Crippen molar-refractivity contribution >= 4 is 40.9 Å². The number of aromatic nitrogens is 2. The summed E-state index contributed by atoms with van der Waals surface area (Å²) in [6.07, 6.45) is 12.0. The molecule has 3 aliphatic rings. The molecule has 1 spiro atoms. The summed E-state index contributed by atoms with van der Waals surface area (Å²) in [5.41, 5.74) is 7.23. The number of fused-ring (bicyclic) bond motifs is 3. The van der Waals surface area contributed by atoms with Crippen LogP contribution in [0.3, 0.4) is 0 Å². The van der Waals surface area contributed by atoms with Crippen molar-refractivity contribution in [3.05, 3.63) is 130 Å². The Morgan fingerprint density at radius 3 is 2.53 bits per heavy atom. The van der Waals surface area contributed by atoms with Gasteiger partial charge in [0.05, 0.1) is 13.2 Å². The molecular weight excluding hydrogens is 850 g/mol. The van der Waals surface area contributed by atoms with Crippen molar-refractivity contribution in [3.8, 4) is 22.6 Å². The fraction of sp³-hybridized carbons (Fsp3) is 0.426. The van der Waals surface area contributed by atoms with Crippen molar-refractivity contribution in [2.45, 2.75) is 115 Å². The largest absolute Gasteiger partial charge is 0.494 e. The molecule has 2 aromatic heterocycles. The van der Waals surface area contributed by atoms with Crippen LogP contribution in [0.25, 0.3) is 11.1 Å². The van der Waals surface area contributed by atoms with Crippen molar-refractivity contribution in [2.24, 2.45) is 11.8 Å². The van der Waals surface area contributed by atoms with E-state index < -0.39 is 11.5 Å². The molecule has 346 valence electrons. The Morgan fingerprint density at radius 2 is 1.77 bits per heavy atom. The van der Waals surface area contributed by atoms with Crippen molar-refractivity contribution in [1.29, 1.82) is 0 Å². The van der Waals surface area contributed by atoms with E-state index in [2.05, 4.69) is 52.6 Å². The van der Waals surface area contributed by atoms with Gasteiger partial charge in [-0.25, -0.2) is 9.78 Å². The van der Waals surface area contributed by atoms with Crippen LogP contribution in [0.4, 0.5) is 11.5 Å². The van der Waals surface area contributed by atoms with Crippen LogP contribution in [-0.2, 0) is 39.2 Å². The Morgan fingerprint density at radius 1 is 0.955 bits per heavy atom. The number of ether oxygens (including phenoxy) is 2. The predicted molar refractivity (Wildman–Crippen MR) is 259 cm³/mol. The van der Waals surface area contributed by atoms with E-state index in [0.29, 0.717) is 86.6 Å². The van der Waals surface area contributed by atoms with Crippen LogP contribution >= 0.6 is 11.6 Å². The molecule has 0 unspecified atom stereocenters. The summed E-state index contributed by atoms with van der Waals surface area (Å²) in [6, 6.07) is 27.5. The van der Waals surface area contributed by atoms with Crippen LogP contribution in [0.2, 0.25) is 5.02 Å². The highest BCUT2D eigenvalue weighted by molar-refractivity contribution is 6.30. The molecule has 1 saturated carbocycles. The minimum absolute atomic E-state index is 0.0352. The van der Waals surface area contributed by atoms with Crippen molar-refractivity contribution < 1.29 is 29.0 Å². The number of halogens is 1. The second kappa shape index (κ2) is 20.3. The highest BCUT2D eigenvalue weighted by Gasteiger charge is 2.54. The van der Waals surface area contributed by atoms with Crippen LogP contribution in [0.5, 0.6) is 11.5 Å². The number of hydrogen-bond acceptors (Lipinski definition) is 8. The van der Waals surface area contributed by atoms with Crippen LogP contribution in [0, 0.1) is 11.8 Å². The molecule has 8 rings (SSSR count). The molecule has 66 heavy (non-hydrogen) atoms. The number of rotatable bonds is 17. The van der Waals surface area contributed by atoms with Gasteiger partial charge in [0.1, 0.15) is 22.9 Å². The molecule has 3 aliphatic carbocycles. The molecule has 3 N–H and O–H groups in total. The van der Waals surface area contributed by atoms with E-state index in [1.807, 2.05) is 61.8 Å². The maximum absolute atomic E-state index is 13.3. The minimum atomic E-state index is -1.12. The van der Waals surface area contributed by atoms with E-state index in [1.54, 1.807) is 29.3 Å². The molecule has 3 atom stereocenters. The molecule has 3 aromatic carbocycles.